The Balaban J connectivity index is 1.56. The number of carbonyl (C=O) groups is 3. The van der Waals surface area contributed by atoms with Crippen LogP contribution >= 0.6 is 0 Å². The van der Waals surface area contributed by atoms with Crippen LogP contribution in [-0.2, 0) is 9.59 Å². The van der Waals surface area contributed by atoms with E-state index in [4.69, 9.17) is 0 Å². The molecule has 0 aromatic heterocycles. The number of carbonyl (C=O) groups excluding carboxylic acids is 3. The van der Waals surface area contributed by atoms with Gasteiger partial charge >= 0.3 is 6.03 Å². The molecular formula is C25H33N3O3. The van der Waals surface area contributed by atoms with Crippen molar-refractivity contribution in [3.8, 4) is 0 Å². The molecule has 0 radical (unpaired) electrons. The molecule has 2 aromatic rings. The molecule has 0 saturated carbocycles. The van der Waals surface area contributed by atoms with Crippen LogP contribution in [-0.4, -0.2) is 34.8 Å². The number of hydrogen-bond donors (Lipinski definition) is 2. The van der Waals surface area contributed by atoms with E-state index in [2.05, 4.69) is 17.6 Å². The minimum Gasteiger partial charge on any atom is -0.348 e. The van der Waals surface area contributed by atoms with E-state index < -0.39 is 11.6 Å². The van der Waals surface area contributed by atoms with E-state index in [0.29, 0.717) is 6.42 Å². The Morgan fingerprint density at radius 3 is 2.52 bits per heavy atom. The Labute approximate surface area is 184 Å². The molecule has 0 bridgehead atoms. The average Bonchev–Trinajstić information content (AvgIpc) is 2.96. The molecule has 1 aliphatic heterocycles. The number of hydrogen-bond acceptors (Lipinski definition) is 3. The molecule has 6 heteroatoms. The molecule has 0 aliphatic carbocycles. The lowest BCUT2D eigenvalue weighted by atomic mass is 9.94. The first-order valence-corrected chi connectivity index (χ1v) is 11.3. The summed E-state index contributed by atoms with van der Waals surface area (Å²) in [6.07, 6.45) is 5.98. The minimum absolute atomic E-state index is 0.233. The summed E-state index contributed by atoms with van der Waals surface area (Å²) in [4.78, 5) is 38.9. The number of unbranched alkanes of at least 4 members (excludes halogenated alkanes) is 4. The molecule has 1 heterocycles. The van der Waals surface area contributed by atoms with E-state index in [1.165, 1.54) is 6.42 Å². The summed E-state index contributed by atoms with van der Waals surface area (Å²) in [7, 11) is 0. The normalized spacial score (nSPS) is 19.5. The van der Waals surface area contributed by atoms with Crippen molar-refractivity contribution in [3.05, 3.63) is 48.0 Å². The molecular weight excluding hydrogens is 390 g/mol. The Morgan fingerprint density at radius 1 is 1.06 bits per heavy atom. The number of amides is 4. The number of fused-ring (bicyclic) bond motifs is 1. The number of rotatable bonds is 10. The predicted octanol–water partition coefficient (Wildman–Crippen LogP) is 4.69. The lowest BCUT2D eigenvalue weighted by molar-refractivity contribution is -0.135. The molecule has 1 aliphatic rings. The lowest BCUT2D eigenvalue weighted by Crippen LogP contribution is -2.45. The molecule has 0 spiro atoms. The Kier molecular flexibility index (Phi) is 7.31. The molecule has 4 amide bonds. The summed E-state index contributed by atoms with van der Waals surface area (Å²) in [6, 6.07) is 13.4. The van der Waals surface area contributed by atoms with Crippen molar-refractivity contribution < 1.29 is 14.4 Å². The molecule has 166 valence electrons. The summed E-state index contributed by atoms with van der Waals surface area (Å²) in [5, 5.41) is 7.94. The van der Waals surface area contributed by atoms with Crippen molar-refractivity contribution in [2.75, 3.05) is 6.54 Å². The van der Waals surface area contributed by atoms with Gasteiger partial charge in [-0.15, -0.1) is 0 Å². The van der Waals surface area contributed by atoms with Crippen molar-refractivity contribution in [2.24, 2.45) is 0 Å². The molecule has 2 aromatic carbocycles. The molecule has 31 heavy (non-hydrogen) atoms. The predicted molar refractivity (Wildman–Crippen MR) is 123 cm³/mol. The van der Waals surface area contributed by atoms with Crippen LogP contribution in [0.25, 0.3) is 10.8 Å². The maximum Gasteiger partial charge on any atom is 0.325 e. The van der Waals surface area contributed by atoms with Crippen molar-refractivity contribution in [3.63, 3.8) is 0 Å². The van der Waals surface area contributed by atoms with Gasteiger partial charge in [0.25, 0.3) is 5.91 Å². The highest BCUT2D eigenvalue weighted by molar-refractivity contribution is 6.08. The van der Waals surface area contributed by atoms with Gasteiger partial charge in [0, 0.05) is 0 Å². The first-order chi connectivity index (χ1) is 14.8. The maximum atomic E-state index is 12.9. The molecule has 1 saturated heterocycles. The van der Waals surface area contributed by atoms with E-state index in [1.807, 2.05) is 49.4 Å². The van der Waals surface area contributed by atoms with Crippen LogP contribution in [0.1, 0.15) is 70.9 Å². The van der Waals surface area contributed by atoms with E-state index >= 15 is 0 Å². The van der Waals surface area contributed by atoms with Crippen LogP contribution in [0.5, 0.6) is 0 Å². The number of benzene rings is 2. The Hall–Kier alpha value is -2.89. The molecule has 2 unspecified atom stereocenters. The number of urea groups is 1. The van der Waals surface area contributed by atoms with Gasteiger partial charge in [-0.1, -0.05) is 75.4 Å². The fourth-order valence-corrected chi connectivity index (χ4v) is 4.13. The summed E-state index contributed by atoms with van der Waals surface area (Å²) in [5.74, 6) is -0.669. The zero-order chi connectivity index (χ0) is 22.4. The lowest BCUT2D eigenvalue weighted by Gasteiger charge is -2.22. The number of nitrogens with one attached hydrogen (secondary N) is 2. The fraction of sp³-hybridized carbons (Fsp3) is 0.480. The Morgan fingerprint density at radius 2 is 1.77 bits per heavy atom. The highest BCUT2D eigenvalue weighted by atomic mass is 16.2. The van der Waals surface area contributed by atoms with Gasteiger partial charge in [-0.3, -0.25) is 14.5 Å². The van der Waals surface area contributed by atoms with Crippen molar-refractivity contribution in [1.29, 1.82) is 0 Å². The van der Waals surface area contributed by atoms with Gasteiger partial charge in [0.15, 0.2) is 0 Å². The maximum absolute atomic E-state index is 12.9. The zero-order valence-corrected chi connectivity index (χ0v) is 18.7. The van der Waals surface area contributed by atoms with E-state index in [1.54, 1.807) is 6.92 Å². The summed E-state index contributed by atoms with van der Waals surface area (Å²) >= 11 is 0. The quantitative estimate of drug-likeness (QED) is 0.430. The van der Waals surface area contributed by atoms with Crippen LogP contribution in [0.3, 0.4) is 0 Å². The van der Waals surface area contributed by atoms with Gasteiger partial charge in [0.2, 0.25) is 5.91 Å². The molecule has 2 atom stereocenters. The highest BCUT2D eigenvalue weighted by Crippen LogP contribution is 2.24. The molecule has 3 rings (SSSR count). The summed E-state index contributed by atoms with van der Waals surface area (Å²) in [6.45, 7) is 5.54. The van der Waals surface area contributed by atoms with E-state index in [-0.39, 0.29) is 24.4 Å². The standard InChI is InChI=1S/C25H33N3O3/c1-4-5-6-7-10-15-25(3)23(30)28(24(31)27-25)17-22(29)26-18(2)20-14-13-19-11-8-9-12-21(19)16-20/h8-9,11-14,16,18H,4-7,10,15,17H2,1-3H3,(H,26,29)(H,27,31). The summed E-state index contributed by atoms with van der Waals surface area (Å²) in [5.41, 5.74) is 0.0502. The second-order valence-electron chi connectivity index (χ2n) is 8.71. The van der Waals surface area contributed by atoms with Crippen molar-refractivity contribution in [2.45, 2.75) is 70.9 Å². The Bertz CT molecular complexity index is 958. The van der Waals surface area contributed by atoms with E-state index in [9.17, 15) is 14.4 Å². The topological polar surface area (TPSA) is 78.5 Å². The third-order valence-corrected chi connectivity index (χ3v) is 6.08. The van der Waals surface area contributed by atoms with Gasteiger partial charge in [0.1, 0.15) is 12.1 Å². The van der Waals surface area contributed by atoms with Gasteiger partial charge in [0.05, 0.1) is 6.04 Å². The number of nitrogens with zero attached hydrogens (tertiary/aromatic N) is 1. The van der Waals surface area contributed by atoms with Crippen LogP contribution in [0.2, 0.25) is 0 Å². The van der Waals surface area contributed by atoms with Crippen molar-refractivity contribution in [1.82, 2.24) is 15.5 Å². The second-order valence-corrected chi connectivity index (χ2v) is 8.71. The third-order valence-electron chi connectivity index (χ3n) is 6.08. The molecule has 6 nitrogen and oxygen atoms in total. The second kappa shape index (κ2) is 9.94. The SMILES string of the molecule is CCCCCCCC1(C)NC(=O)N(CC(=O)NC(C)c2ccc3ccccc3c2)C1=O. The van der Waals surface area contributed by atoms with Crippen molar-refractivity contribution >= 4 is 28.6 Å². The van der Waals surface area contributed by atoms with E-state index in [0.717, 1.165) is 46.9 Å². The minimum atomic E-state index is -0.923. The van der Waals surface area contributed by atoms with Gasteiger partial charge in [-0.2, -0.15) is 0 Å². The third kappa shape index (κ3) is 5.43. The first-order valence-electron chi connectivity index (χ1n) is 11.3. The fourth-order valence-electron chi connectivity index (χ4n) is 4.13. The number of imide groups is 1. The van der Waals surface area contributed by atoms with Gasteiger partial charge in [-0.25, -0.2) is 4.79 Å². The van der Waals surface area contributed by atoms with Gasteiger partial charge < -0.3 is 10.6 Å². The van der Waals surface area contributed by atoms with Gasteiger partial charge in [-0.05, 0) is 42.7 Å². The monoisotopic (exact) mass is 423 g/mol. The van der Waals surface area contributed by atoms with Crippen LogP contribution in [0, 0.1) is 0 Å². The molecule has 1 fully saturated rings. The first kappa shape index (κ1) is 22.8. The molecule has 2 N–H and O–H groups in total. The van der Waals surface area contributed by atoms with Crippen LogP contribution < -0.4 is 10.6 Å². The average molecular weight is 424 g/mol. The van der Waals surface area contributed by atoms with Crippen LogP contribution in [0.15, 0.2) is 42.5 Å². The van der Waals surface area contributed by atoms with Crippen LogP contribution in [0.4, 0.5) is 4.79 Å². The smallest absolute Gasteiger partial charge is 0.325 e. The largest absolute Gasteiger partial charge is 0.348 e. The highest BCUT2D eigenvalue weighted by Gasteiger charge is 2.47. The zero-order valence-electron chi connectivity index (χ0n) is 18.7. The summed E-state index contributed by atoms with van der Waals surface area (Å²) < 4.78 is 0.